The number of rotatable bonds is 7. The average Bonchev–Trinajstić information content (AvgIpc) is 3.18. The molecule has 1 aromatic carbocycles. The van der Waals surface area contributed by atoms with Crippen LogP contribution in [0.25, 0.3) is 22.2 Å². The summed E-state index contributed by atoms with van der Waals surface area (Å²) in [4.78, 5) is 16.1. The summed E-state index contributed by atoms with van der Waals surface area (Å²) >= 11 is 0. The summed E-state index contributed by atoms with van der Waals surface area (Å²) in [6.07, 6.45) is 6.86. The maximum absolute atomic E-state index is 11.8. The number of pyridine rings is 1. The van der Waals surface area contributed by atoms with E-state index in [1.807, 2.05) is 32.4 Å². The molecule has 0 aliphatic carbocycles. The molecule has 0 bridgehead atoms. The number of anilines is 3. The zero-order valence-corrected chi connectivity index (χ0v) is 22.9. The van der Waals surface area contributed by atoms with E-state index >= 15 is 0 Å². The van der Waals surface area contributed by atoms with Crippen LogP contribution in [0.15, 0.2) is 42.9 Å². The van der Waals surface area contributed by atoms with Gasteiger partial charge in [-0.3, -0.25) is 4.68 Å². The first kappa shape index (κ1) is 25.1. The number of sulfone groups is 1. The van der Waals surface area contributed by atoms with Crippen molar-refractivity contribution in [3.63, 3.8) is 0 Å². The highest BCUT2D eigenvalue weighted by Gasteiger charge is 2.38. The van der Waals surface area contributed by atoms with Crippen LogP contribution in [0.4, 0.5) is 17.3 Å². The molecule has 0 unspecified atom stereocenters. The SMILES string of the molecule is Cc1nn(C)cc1-c1nccc(Nc2cc3c(C(C)C)ccc(N4C[C@H](CS(C)(=O)=O)[C@H]4C)c3cn2)n1. The molecule has 1 N–H and O–H groups in total. The number of aromatic nitrogens is 5. The van der Waals surface area contributed by atoms with Gasteiger partial charge in [-0.05, 0) is 48.9 Å². The lowest BCUT2D eigenvalue weighted by molar-refractivity contribution is 0.342. The lowest BCUT2D eigenvalue weighted by Crippen LogP contribution is -2.57. The number of hydrogen-bond donors (Lipinski definition) is 1. The Morgan fingerprint density at radius 3 is 2.57 bits per heavy atom. The van der Waals surface area contributed by atoms with Gasteiger partial charge >= 0.3 is 0 Å². The minimum absolute atomic E-state index is 0.138. The molecule has 0 radical (unpaired) electrons. The molecule has 1 aliphatic rings. The molecule has 1 fully saturated rings. The smallest absolute Gasteiger partial charge is 0.164 e. The van der Waals surface area contributed by atoms with Crippen molar-refractivity contribution in [3.05, 3.63) is 54.1 Å². The normalized spacial score (nSPS) is 17.9. The van der Waals surface area contributed by atoms with E-state index in [9.17, 15) is 8.42 Å². The largest absolute Gasteiger partial charge is 0.368 e. The third kappa shape index (κ3) is 5.02. The average molecular weight is 520 g/mol. The third-order valence-corrected chi connectivity index (χ3v) is 8.16. The standard InChI is InChI=1S/C27H33N7O2S/c1-16(2)20-7-8-24(34-13-19(18(34)4)15-37(6,35)36)22-12-29-26(11-21(20)22)30-25-9-10-28-27(31-25)23-14-33(5)32-17(23)3/h7-12,14,16,18-19H,13,15H2,1-6H3,(H,28,29,30,31)/t18-,19-/m1/s1. The van der Waals surface area contributed by atoms with Gasteiger partial charge in [-0.25, -0.2) is 23.4 Å². The van der Waals surface area contributed by atoms with Crippen molar-refractivity contribution < 1.29 is 8.42 Å². The second kappa shape index (κ2) is 9.41. The maximum atomic E-state index is 11.8. The van der Waals surface area contributed by atoms with Crippen LogP contribution in [0, 0.1) is 12.8 Å². The fraction of sp³-hybridized carbons (Fsp3) is 0.407. The fourth-order valence-electron chi connectivity index (χ4n) is 5.16. The van der Waals surface area contributed by atoms with E-state index in [1.54, 1.807) is 10.9 Å². The van der Waals surface area contributed by atoms with Crippen molar-refractivity contribution in [3.8, 4) is 11.4 Å². The third-order valence-electron chi connectivity index (χ3n) is 7.13. The van der Waals surface area contributed by atoms with Crippen LogP contribution in [0.2, 0.25) is 0 Å². The summed E-state index contributed by atoms with van der Waals surface area (Å²) in [6.45, 7) is 9.13. The lowest BCUT2D eigenvalue weighted by Gasteiger charge is -2.48. The van der Waals surface area contributed by atoms with E-state index in [4.69, 9.17) is 9.97 Å². The Bertz CT molecular complexity index is 1580. The van der Waals surface area contributed by atoms with E-state index in [0.29, 0.717) is 23.4 Å². The maximum Gasteiger partial charge on any atom is 0.164 e. The first-order valence-electron chi connectivity index (χ1n) is 12.5. The quantitative estimate of drug-likeness (QED) is 0.381. The zero-order valence-electron chi connectivity index (χ0n) is 22.1. The Morgan fingerprint density at radius 2 is 1.92 bits per heavy atom. The zero-order chi connectivity index (χ0) is 26.5. The highest BCUT2D eigenvalue weighted by Crippen LogP contribution is 2.39. The molecule has 0 spiro atoms. The number of nitrogens with zero attached hydrogens (tertiary/aromatic N) is 6. The van der Waals surface area contributed by atoms with Gasteiger partial charge < -0.3 is 10.2 Å². The first-order chi connectivity index (χ1) is 17.5. The summed E-state index contributed by atoms with van der Waals surface area (Å²) in [6, 6.07) is 8.37. The van der Waals surface area contributed by atoms with Gasteiger partial charge in [0.25, 0.3) is 0 Å². The van der Waals surface area contributed by atoms with Gasteiger partial charge in [0.1, 0.15) is 21.5 Å². The Labute approximate surface area is 217 Å². The molecule has 4 aromatic rings. The predicted octanol–water partition coefficient (Wildman–Crippen LogP) is 4.47. The van der Waals surface area contributed by atoms with Crippen LogP contribution < -0.4 is 10.2 Å². The van der Waals surface area contributed by atoms with Crippen molar-refractivity contribution in [2.75, 3.05) is 28.8 Å². The summed E-state index contributed by atoms with van der Waals surface area (Å²) in [7, 11) is -1.12. The van der Waals surface area contributed by atoms with E-state index in [1.165, 1.54) is 11.8 Å². The van der Waals surface area contributed by atoms with Crippen molar-refractivity contribution in [2.24, 2.45) is 13.0 Å². The monoisotopic (exact) mass is 519 g/mol. The van der Waals surface area contributed by atoms with Crippen LogP contribution in [0.1, 0.15) is 37.9 Å². The van der Waals surface area contributed by atoms with E-state index < -0.39 is 9.84 Å². The second-order valence-corrected chi connectivity index (χ2v) is 12.6. The minimum Gasteiger partial charge on any atom is -0.368 e. The molecule has 9 nitrogen and oxygen atoms in total. The molecule has 10 heteroatoms. The van der Waals surface area contributed by atoms with Crippen molar-refractivity contribution in [1.29, 1.82) is 0 Å². The van der Waals surface area contributed by atoms with Gasteiger partial charge in [-0.2, -0.15) is 5.10 Å². The van der Waals surface area contributed by atoms with Gasteiger partial charge in [-0.1, -0.05) is 19.9 Å². The van der Waals surface area contributed by atoms with Gasteiger partial charge in [-0.15, -0.1) is 0 Å². The second-order valence-electron chi connectivity index (χ2n) is 10.4. The molecular weight excluding hydrogens is 486 g/mol. The van der Waals surface area contributed by atoms with Gasteiger partial charge in [0.15, 0.2) is 5.82 Å². The number of fused-ring (bicyclic) bond motifs is 1. The molecular formula is C27H33N7O2S. The molecule has 0 saturated carbocycles. The molecule has 2 atom stereocenters. The number of aryl methyl sites for hydroxylation is 2. The minimum atomic E-state index is -3.00. The van der Waals surface area contributed by atoms with Crippen molar-refractivity contribution >= 4 is 37.9 Å². The van der Waals surface area contributed by atoms with Crippen LogP contribution >= 0.6 is 0 Å². The van der Waals surface area contributed by atoms with E-state index in [2.05, 4.69) is 59.3 Å². The van der Waals surface area contributed by atoms with Crippen molar-refractivity contribution in [1.82, 2.24) is 24.7 Å². The molecule has 0 amide bonds. The Kier molecular flexibility index (Phi) is 6.39. The van der Waals surface area contributed by atoms with Gasteiger partial charge in [0.05, 0.1) is 17.0 Å². The number of nitrogens with one attached hydrogen (secondary N) is 1. The highest BCUT2D eigenvalue weighted by molar-refractivity contribution is 7.90. The van der Waals surface area contributed by atoms with E-state index in [0.717, 1.165) is 34.3 Å². The Hall–Kier alpha value is -3.53. The Morgan fingerprint density at radius 1 is 1.14 bits per heavy atom. The van der Waals surface area contributed by atoms with Crippen LogP contribution in [-0.2, 0) is 16.9 Å². The predicted molar refractivity (Wildman–Crippen MR) is 148 cm³/mol. The molecule has 1 aliphatic heterocycles. The molecule has 1 saturated heterocycles. The first-order valence-corrected chi connectivity index (χ1v) is 14.5. The number of hydrogen-bond acceptors (Lipinski definition) is 8. The summed E-state index contributed by atoms with van der Waals surface area (Å²) in [5, 5.41) is 9.93. The fourth-order valence-corrected chi connectivity index (χ4v) is 6.33. The molecule has 5 rings (SSSR count). The Balaban J connectivity index is 1.47. The molecule has 4 heterocycles. The van der Waals surface area contributed by atoms with Crippen LogP contribution in [-0.4, -0.2) is 57.7 Å². The van der Waals surface area contributed by atoms with Crippen molar-refractivity contribution in [2.45, 2.75) is 39.7 Å². The molecule has 3 aromatic heterocycles. The van der Waals surface area contributed by atoms with E-state index in [-0.39, 0.29) is 17.7 Å². The number of benzene rings is 1. The van der Waals surface area contributed by atoms with Crippen LogP contribution in [0.5, 0.6) is 0 Å². The lowest BCUT2D eigenvalue weighted by atomic mass is 9.88. The summed E-state index contributed by atoms with van der Waals surface area (Å²) in [5.74, 6) is 2.65. The summed E-state index contributed by atoms with van der Waals surface area (Å²) in [5.41, 5.74) is 4.09. The van der Waals surface area contributed by atoms with Gasteiger partial charge in [0, 0.05) is 61.5 Å². The molecule has 194 valence electrons. The topological polar surface area (TPSA) is 106 Å². The van der Waals surface area contributed by atoms with Crippen LogP contribution in [0.3, 0.4) is 0 Å². The summed E-state index contributed by atoms with van der Waals surface area (Å²) < 4.78 is 25.4. The highest BCUT2D eigenvalue weighted by atomic mass is 32.2. The molecule has 37 heavy (non-hydrogen) atoms. The van der Waals surface area contributed by atoms with Gasteiger partial charge in [0.2, 0.25) is 0 Å².